The molecule has 18 heavy (non-hydrogen) atoms. The Kier molecular flexibility index (Phi) is 7.33. The van der Waals surface area contributed by atoms with Gasteiger partial charge < -0.3 is 10.4 Å². The van der Waals surface area contributed by atoms with Gasteiger partial charge in [0.1, 0.15) is 0 Å². The summed E-state index contributed by atoms with van der Waals surface area (Å²) in [7, 11) is 0. The van der Waals surface area contributed by atoms with Crippen LogP contribution in [0.2, 0.25) is 0 Å². The molecule has 0 aromatic carbocycles. The van der Waals surface area contributed by atoms with Crippen LogP contribution in [0.3, 0.4) is 0 Å². The van der Waals surface area contributed by atoms with Crippen molar-refractivity contribution in [1.82, 2.24) is 5.32 Å². The number of amides is 1. The highest BCUT2D eigenvalue weighted by molar-refractivity contribution is 5.78. The molecule has 1 fully saturated rings. The second kappa shape index (κ2) is 8.52. The fourth-order valence-electron chi connectivity index (χ4n) is 2.73. The molecular weight excluding hydrogens is 226 g/mol. The van der Waals surface area contributed by atoms with Gasteiger partial charge in [-0.25, -0.2) is 0 Å². The van der Waals surface area contributed by atoms with Gasteiger partial charge in [0.2, 0.25) is 5.91 Å². The molecule has 0 aromatic rings. The van der Waals surface area contributed by atoms with Crippen molar-refractivity contribution in [3.05, 3.63) is 0 Å². The molecule has 106 valence electrons. The lowest BCUT2D eigenvalue weighted by atomic mass is 9.97. The zero-order valence-electron chi connectivity index (χ0n) is 12.0. The number of nitrogens with one attached hydrogen (secondary N) is 1. The number of rotatable bonds is 6. The number of carbonyl (C=O) groups excluding carboxylic acids is 1. The summed E-state index contributed by atoms with van der Waals surface area (Å²) in [6.45, 7) is 4.23. The van der Waals surface area contributed by atoms with Gasteiger partial charge in [0.15, 0.2) is 0 Å². The fourth-order valence-corrected chi connectivity index (χ4v) is 2.73. The Hall–Kier alpha value is -0.570. The van der Waals surface area contributed by atoms with Crippen LogP contribution >= 0.6 is 0 Å². The molecule has 0 bridgehead atoms. The van der Waals surface area contributed by atoms with Crippen molar-refractivity contribution >= 4 is 5.91 Å². The molecule has 3 heteroatoms. The summed E-state index contributed by atoms with van der Waals surface area (Å²) in [5, 5.41) is 13.1. The van der Waals surface area contributed by atoms with Crippen LogP contribution in [0.5, 0.6) is 0 Å². The van der Waals surface area contributed by atoms with E-state index in [1.807, 2.05) is 0 Å². The Balaban J connectivity index is 2.44. The third-order valence-corrected chi connectivity index (χ3v) is 4.08. The number of carbonyl (C=O) groups is 1. The van der Waals surface area contributed by atoms with Crippen LogP contribution in [-0.2, 0) is 4.79 Å². The van der Waals surface area contributed by atoms with Crippen molar-refractivity contribution in [3.8, 4) is 0 Å². The molecule has 0 heterocycles. The van der Waals surface area contributed by atoms with Crippen molar-refractivity contribution < 1.29 is 9.90 Å². The summed E-state index contributed by atoms with van der Waals surface area (Å²) in [6, 6.07) is -0.0179. The van der Waals surface area contributed by atoms with E-state index < -0.39 is 0 Å². The van der Waals surface area contributed by atoms with Gasteiger partial charge in [0.25, 0.3) is 0 Å². The molecule has 0 aliphatic heterocycles. The Bertz CT molecular complexity index is 243. The molecule has 2 N–H and O–H groups in total. The number of hydrogen-bond donors (Lipinski definition) is 2. The molecule has 0 radical (unpaired) electrons. The molecule has 1 saturated carbocycles. The predicted molar refractivity (Wildman–Crippen MR) is 74.3 cm³/mol. The summed E-state index contributed by atoms with van der Waals surface area (Å²) >= 11 is 0. The van der Waals surface area contributed by atoms with Gasteiger partial charge >= 0.3 is 0 Å². The van der Waals surface area contributed by atoms with E-state index in [9.17, 15) is 9.90 Å². The standard InChI is InChI=1S/C15H29NO2/c1-3-5-9-12(4-2)15(18)16-13-10-7-6-8-11-14(13)17/h12-14,17H,3-11H2,1-2H3,(H,16,18). The van der Waals surface area contributed by atoms with Gasteiger partial charge in [-0.2, -0.15) is 0 Å². The zero-order valence-corrected chi connectivity index (χ0v) is 12.0. The van der Waals surface area contributed by atoms with E-state index >= 15 is 0 Å². The first kappa shape index (κ1) is 15.5. The average Bonchev–Trinajstić information content (AvgIpc) is 2.56. The highest BCUT2D eigenvalue weighted by atomic mass is 16.3. The minimum Gasteiger partial charge on any atom is -0.391 e. The van der Waals surface area contributed by atoms with E-state index in [0.717, 1.165) is 51.4 Å². The van der Waals surface area contributed by atoms with E-state index in [1.54, 1.807) is 0 Å². The van der Waals surface area contributed by atoms with Gasteiger partial charge in [-0.1, -0.05) is 46.0 Å². The number of aliphatic hydroxyl groups is 1. The van der Waals surface area contributed by atoms with Crippen LogP contribution in [0.15, 0.2) is 0 Å². The summed E-state index contributed by atoms with van der Waals surface area (Å²) in [4.78, 5) is 12.2. The van der Waals surface area contributed by atoms with Crippen molar-refractivity contribution in [2.75, 3.05) is 0 Å². The molecule has 1 aliphatic rings. The highest BCUT2D eigenvalue weighted by Gasteiger charge is 2.25. The first-order valence-corrected chi connectivity index (χ1v) is 7.67. The highest BCUT2D eigenvalue weighted by Crippen LogP contribution is 2.19. The largest absolute Gasteiger partial charge is 0.391 e. The first-order valence-electron chi connectivity index (χ1n) is 7.67. The summed E-state index contributed by atoms with van der Waals surface area (Å²) in [6.07, 6.45) is 8.91. The molecule has 3 nitrogen and oxygen atoms in total. The lowest BCUT2D eigenvalue weighted by Gasteiger charge is -2.24. The van der Waals surface area contributed by atoms with Gasteiger partial charge in [-0.15, -0.1) is 0 Å². The maximum atomic E-state index is 12.2. The fraction of sp³-hybridized carbons (Fsp3) is 0.933. The van der Waals surface area contributed by atoms with E-state index in [2.05, 4.69) is 19.2 Å². The van der Waals surface area contributed by atoms with Crippen LogP contribution in [0, 0.1) is 5.92 Å². The minimum atomic E-state index is -0.347. The maximum Gasteiger partial charge on any atom is 0.223 e. The number of unbranched alkanes of at least 4 members (excludes halogenated alkanes) is 1. The minimum absolute atomic E-state index is 0.0179. The summed E-state index contributed by atoms with van der Waals surface area (Å²) < 4.78 is 0. The van der Waals surface area contributed by atoms with Crippen molar-refractivity contribution in [1.29, 1.82) is 0 Å². The third kappa shape index (κ3) is 4.97. The third-order valence-electron chi connectivity index (χ3n) is 4.08. The zero-order chi connectivity index (χ0) is 13.4. The van der Waals surface area contributed by atoms with Crippen LogP contribution in [0.25, 0.3) is 0 Å². The normalized spacial score (nSPS) is 26.4. The van der Waals surface area contributed by atoms with Gasteiger partial charge in [-0.05, 0) is 25.7 Å². The smallest absolute Gasteiger partial charge is 0.223 e. The molecule has 1 rings (SSSR count). The SMILES string of the molecule is CCCCC(CC)C(=O)NC1CCCCCC1O. The summed E-state index contributed by atoms with van der Waals surface area (Å²) in [5.41, 5.74) is 0. The Morgan fingerprint density at radius 1 is 1.28 bits per heavy atom. The summed E-state index contributed by atoms with van der Waals surface area (Å²) in [5.74, 6) is 0.275. The Morgan fingerprint density at radius 2 is 2.00 bits per heavy atom. The first-order chi connectivity index (χ1) is 8.69. The second-order valence-electron chi connectivity index (χ2n) is 5.57. The quantitative estimate of drug-likeness (QED) is 0.717. The lowest BCUT2D eigenvalue weighted by molar-refractivity contribution is -0.127. The van der Waals surface area contributed by atoms with E-state index in [-0.39, 0.29) is 24.0 Å². The van der Waals surface area contributed by atoms with Gasteiger partial charge in [-0.3, -0.25) is 4.79 Å². The number of aliphatic hydroxyl groups excluding tert-OH is 1. The van der Waals surface area contributed by atoms with Gasteiger partial charge in [0, 0.05) is 5.92 Å². The van der Waals surface area contributed by atoms with E-state index in [0.29, 0.717) is 0 Å². The molecule has 0 saturated heterocycles. The molecule has 3 unspecified atom stereocenters. The topological polar surface area (TPSA) is 49.3 Å². The lowest BCUT2D eigenvalue weighted by Crippen LogP contribution is -2.45. The van der Waals surface area contributed by atoms with E-state index in [4.69, 9.17) is 0 Å². The molecule has 1 aliphatic carbocycles. The maximum absolute atomic E-state index is 12.2. The van der Waals surface area contributed by atoms with E-state index in [1.165, 1.54) is 6.42 Å². The molecule has 0 aromatic heterocycles. The molecule has 0 spiro atoms. The monoisotopic (exact) mass is 255 g/mol. The van der Waals surface area contributed by atoms with Crippen molar-refractivity contribution in [2.45, 2.75) is 83.8 Å². The molecule has 1 amide bonds. The predicted octanol–water partition coefficient (Wildman–Crippen LogP) is 3.01. The second-order valence-corrected chi connectivity index (χ2v) is 5.57. The van der Waals surface area contributed by atoms with Crippen LogP contribution < -0.4 is 5.32 Å². The van der Waals surface area contributed by atoms with Crippen LogP contribution in [0.4, 0.5) is 0 Å². The van der Waals surface area contributed by atoms with Gasteiger partial charge in [0.05, 0.1) is 12.1 Å². The number of hydrogen-bond acceptors (Lipinski definition) is 2. The average molecular weight is 255 g/mol. The van der Waals surface area contributed by atoms with Crippen LogP contribution in [0.1, 0.15) is 71.6 Å². The molecule has 3 atom stereocenters. The van der Waals surface area contributed by atoms with Crippen LogP contribution in [-0.4, -0.2) is 23.2 Å². The molecular formula is C15H29NO2. The van der Waals surface area contributed by atoms with Crippen molar-refractivity contribution in [2.24, 2.45) is 5.92 Å². The Morgan fingerprint density at radius 3 is 2.67 bits per heavy atom. The van der Waals surface area contributed by atoms with Crippen molar-refractivity contribution in [3.63, 3.8) is 0 Å². The Labute approximate surface area is 111 Å².